The first-order valence-electron chi connectivity index (χ1n) is 8.52. The van der Waals surface area contributed by atoms with Crippen molar-refractivity contribution in [2.45, 2.75) is 6.92 Å². The van der Waals surface area contributed by atoms with E-state index in [1.165, 1.54) is 27.4 Å². The molecule has 2 aromatic rings. The fourth-order valence-electron chi connectivity index (χ4n) is 2.51. The van der Waals surface area contributed by atoms with Crippen molar-refractivity contribution in [3.63, 3.8) is 0 Å². The van der Waals surface area contributed by atoms with Crippen molar-refractivity contribution in [1.82, 2.24) is 0 Å². The third-order valence-electron chi connectivity index (χ3n) is 3.84. The minimum atomic E-state index is -0.563. The summed E-state index contributed by atoms with van der Waals surface area (Å²) in [6.07, 6.45) is 1.43. The van der Waals surface area contributed by atoms with Gasteiger partial charge in [0.25, 0.3) is 5.91 Å². The average Bonchev–Trinajstić information content (AvgIpc) is 2.72. The van der Waals surface area contributed by atoms with Gasteiger partial charge in [-0.15, -0.1) is 0 Å². The van der Waals surface area contributed by atoms with Crippen molar-refractivity contribution in [2.24, 2.45) is 0 Å². The lowest BCUT2D eigenvalue weighted by atomic mass is 10.1. The van der Waals surface area contributed by atoms with Gasteiger partial charge in [-0.3, -0.25) is 4.79 Å². The molecule has 1 amide bonds. The number of nitrogens with zero attached hydrogens (tertiary/aromatic N) is 1. The minimum absolute atomic E-state index is 0.100. The monoisotopic (exact) mass is 382 g/mol. The van der Waals surface area contributed by atoms with Gasteiger partial charge in [-0.25, -0.2) is 0 Å². The van der Waals surface area contributed by atoms with Gasteiger partial charge in [0.05, 0.1) is 33.6 Å². The number of nitrogens with one attached hydrogen (secondary N) is 1. The van der Waals surface area contributed by atoms with Crippen LogP contribution in [0.25, 0.3) is 6.08 Å². The molecule has 0 aliphatic rings. The topological polar surface area (TPSA) is 89.8 Å². The van der Waals surface area contributed by atoms with Crippen LogP contribution in [0.1, 0.15) is 12.5 Å². The number of carbonyl (C=O) groups is 1. The molecule has 146 valence electrons. The highest BCUT2D eigenvalue weighted by atomic mass is 16.5. The quantitative estimate of drug-likeness (QED) is 0.554. The SMILES string of the molecule is CCOc1ccccc1NC(=O)/C(C#N)=C/c1cc(OC)c(OC)cc1OC. The van der Waals surface area contributed by atoms with Crippen LogP contribution in [-0.4, -0.2) is 33.8 Å². The van der Waals surface area contributed by atoms with Gasteiger partial charge in [0.15, 0.2) is 11.5 Å². The molecule has 0 saturated carbocycles. The summed E-state index contributed by atoms with van der Waals surface area (Å²) >= 11 is 0. The van der Waals surface area contributed by atoms with E-state index in [0.29, 0.717) is 40.9 Å². The van der Waals surface area contributed by atoms with Gasteiger partial charge in [-0.2, -0.15) is 5.26 Å². The van der Waals surface area contributed by atoms with Gasteiger partial charge in [-0.05, 0) is 31.2 Å². The van der Waals surface area contributed by atoms with Gasteiger partial charge < -0.3 is 24.3 Å². The molecule has 0 aliphatic carbocycles. The Hall–Kier alpha value is -3.66. The molecule has 0 aliphatic heterocycles. The van der Waals surface area contributed by atoms with Crippen molar-refractivity contribution in [2.75, 3.05) is 33.3 Å². The zero-order chi connectivity index (χ0) is 20.5. The molecule has 7 nitrogen and oxygen atoms in total. The van der Waals surface area contributed by atoms with Crippen molar-refractivity contribution in [1.29, 1.82) is 5.26 Å². The van der Waals surface area contributed by atoms with Gasteiger partial charge in [0.2, 0.25) is 0 Å². The minimum Gasteiger partial charge on any atom is -0.496 e. The molecule has 0 spiro atoms. The van der Waals surface area contributed by atoms with E-state index in [2.05, 4.69) is 5.32 Å². The van der Waals surface area contributed by atoms with E-state index < -0.39 is 5.91 Å². The fraction of sp³-hybridized carbons (Fsp3) is 0.238. The number of hydrogen-bond donors (Lipinski definition) is 1. The van der Waals surface area contributed by atoms with Gasteiger partial charge >= 0.3 is 0 Å². The van der Waals surface area contributed by atoms with Crippen molar-refractivity contribution >= 4 is 17.7 Å². The standard InChI is InChI=1S/C21H22N2O5/c1-5-28-17-9-7-6-8-16(17)23-21(24)15(13-22)10-14-11-19(26-3)20(27-4)12-18(14)25-2/h6-12H,5H2,1-4H3,(H,23,24)/b15-10+. The highest BCUT2D eigenvalue weighted by molar-refractivity contribution is 6.10. The number of methoxy groups -OCH3 is 3. The van der Waals surface area contributed by atoms with E-state index in [0.717, 1.165) is 0 Å². The summed E-state index contributed by atoms with van der Waals surface area (Å²) in [4.78, 5) is 12.6. The van der Waals surface area contributed by atoms with E-state index in [1.807, 2.05) is 13.0 Å². The smallest absolute Gasteiger partial charge is 0.266 e. The van der Waals surface area contributed by atoms with E-state index >= 15 is 0 Å². The molecule has 2 aromatic carbocycles. The Kier molecular flexibility index (Phi) is 7.28. The number of anilines is 1. The number of benzene rings is 2. The Bertz CT molecular complexity index is 915. The molecule has 1 N–H and O–H groups in total. The number of nitriles is 1. The average molecular weight is 382 g/mol. The largest absolute Gasteiger partial charge is 0.496 e. The lowest BCUT2D eigenvalue weighted by molar-refractivity contribution is -0.112. The molecule has 0 fully saturated rings. The van der Waals surface area contributed by atoms with E-state index in [9.17, 15) is 10.1 Å². The Morgan fingerprint density at radius 1 is 1.04 bits per heavy atom. The molecular weight excluding hydrogens is 360 g/mol. The Labute approximate surface area is 164 Å². The summed E-state index contributed by atoms with van der Waals surface area (Å²) < 4.78 is 21.4. The number of carbonyl (C=O) groups excluding carboxylic acids is 1. The van der Waals surface area contributed by atoms with Crippen LogP contribution in [-0.2, 0) is 4.79 Å². The third-order valence-corrected chi connectivity index (χ3v) is 3.84. The zero-order valence-corrected chi connectivity index (χ0v) is 16.2. The van der Waals surface area contributed by atoms with Crippen LogP contribution in [0.4, 0.5) is 5.69 Å². The number of rotatable bonds is 8. The summed E-state index contributed by atoms with van der Waals surface area (Å²) in [6, 6.07) is 12.2. The van der Waals surface area contributed by atoms with E-state index in [1.54, 1.807) is 36.4 Å². The van der Waals surface area contributed by atoms with Crippen LogP contribution in [0.3, 0.4) is 0 Å². The molecule has 0 bridgehead atoms. The van der Waals surface area contributed by atoms with E-state index in [4.69, 9.17) is 18.9 Å². The zero-order valence-electron chi connectivity index (χ0n) is 16.2. The summed E-state index contributed by atoms with van der Waals surface area (Å²) in [5, 5.41) is 12.2. The predicted molar refractivity (Wildman–Crippen MR) is 106 cm³/mol. The fourth-order valence-corrected chi connectivity index (χ4v) is 2.51. The Morgan fingerprint density at radius 2 is 1.68 bits per heavy atom. The number of ether oxygens (including phenoxy) is 4. The van der Waals surface area contributed by atoms with Crippen LogP contribution in [0, 0.1) is 11.3 Å². The molecule has 2 rings (SSSR count). The summed E-state index contributed by atoms with van der Waals surface area (Å²) in [5.74, 6) is 1.33. The first-order valence-corrected chi connectivity index (χ1v) is 8.52. The Morgan fingerprint density at radius 3 is 2.29 bits per heavy atom. The van der Waals surface area contributed by atoms with Crippen LogP contribution in [0.5, 0.6) is 23.0 Å². The summed E-state index contributed by atoms with van der Waals surface area (Å²) in [6.45, 7) is 2.30. The summed E-state index contributed by atoms with van der Waals surface area (Å²) in [5.41, 5.74) is 0.886. The Balaban J connectivity index is 2.39. The highest BCUT2D eigenvalue weighted by Gasteiger charge is 2.16. The van der Waals surface area contributed by atoms with Crippen LogP contribution < -0.4 is 24.3 Å². The lowest BCUT2D eigenvalue weighted by Crippen LogP contribution is -2.14. The number of amides is 1. The first-order chi connectivity index (χ1) is 13.6. The first kappa shape index (κ1) is 20.6. The maximum absolute atomic E-state index is 12.6. The second-order valence-corrected chi connectivity index (χ2v) is 5.50. The van der Waals surface area contributed by atoms with Crippen LogP contribution in [0.2, 0.25) is 0 Å². The summed E-state index contributed by atoms with van der Waals surface area (Å²) in [7, 11) is 4.50. The van der Waals surface area contributed by atoms with Gasteiger partial charge in [0.1, 0.15) is 23.1 Å². The van der Waals surface area contributed by atoms with Crippen molar-refractivity contribution in [3.8, 4) is 29.1 Å². The molecule has 0 saturated heterocycles. The molecular formula is C21H22N2O5. The lowest BCUT2D eigenvalue weighted by Gasteiger charge is -2.13. The maximum atomic E-state index is 12.6. The van der Waals surface area contributed by atoms with Crippen molar-refractivity contribution in [3.05, 3.63) is 47.5 Å². The van der Waals surface area contributed by atoms with Gasteiger partial charge in [0, 0.05) is 11.6 Å². The third kappa shape index (κ3) is 4.74. The number of hydrogen-bond acceptors (Lipinski definition) is 6. The maximum Gasteiger partial charge on any atom is 0.266 e. The molecule has 0 radical (unpaired) electrons. The highest BCUT2D eigenvalue weighted by Crippen LogP contribution is 2.35. The molecule has 0 aromatic heterocycles. The predicted octanol–water partition coefficient (Wildman–Crippen LogP) is 3.66. The van der Waals surface area contributed by atoms with Gasteiger partial charge in [-0.1, -0.05) is 12.1 Å². The molecule has 0 heterocycles. The van der Waals surface area contributed by atoms with Crippen LogP contribution >= 0.6 is 0 Å². The molecule has 7 heteroatoms. The molecule has 0 atom stereocenters. The van der Waals surface area contributed by atoms with Crippen molar-refractivity contribution < 1.29 is 23.7 Å². The van der Waals surface area contributed by atoms with E-state index in [-0.39, 0.29) is 5.57 Å². The van der Waals surface area contributed by atoms with Crippen LogP contribution in [0.15, 0.2) is 42.0 Å². The second kappa shape index (κ2) is 9.88. The normalized spacial score (nSPS) is 10.6. The molecule has 28 heavy (non-hydrogen) atoms. The number of para-hydroxylation sites is 2. The molecule has 0 unspecified atom stereocenters. The second-order valence-electron chi connectivity index (χ2n) is 5.50.